The van der Waals surface area contributed by atoms with Crippen LogP contribution in [0.1, 0.15) is 19.8 Å². The fourth-order valence-corrected chi connectivity index (χ4v) is 2.27. The van der Waals surface area contributed by atoms with Crippen LogP contribution in [0.3, 0.4) is 0 Å². The van der Waals surface area contributed by atoms with Crippen molar-refractivity contribution in [1.29, 1.82) is 0 Å². The largest absolute Gasteiger partial charge is 0.310 e. The maximum absolute atomic E-state index is 12.3. The number of hydrogen-bond acceptors (Lipinski definition) is 3. The van der Waals surface area contributed by atoms with Crippen molar-refractivity contribution >= 4 is 23.0 Å². The highest BCUT2D eigenvalue weighted by Crippen LogP contribution is 2.31. The molecule has 0 saturated carbocycles. The van der Waals surface area contributed by atoms with Crippen molar-refractivity contribution in [2.75, 3.05) is 32.1 Å². The lowest BCUT2D eigenvalue weighted by atomic mass is 10.2. The Morgan fingerprint density at radius 3 is 2.79 bits per heavy atom. The molecule has 0 aliphatic carbocycles. The number of amides is 1. The highest BCUT2D eigenvalue weighted by Gasteiger charge is 2.21. The zero-order valence-electron chi connectivity index (χ0n) is 11.9. The first kappa shape index (κ1) is 13.7. The second kappa shape index (κ2) is 5.97. The van der Waals surface area contributed by atoms with Crippen molar-refractivity contribution in [2.45, 2.75) is 19.8 Å². The van der Waals surface area contributed by atoms with Gasteiger partial charge in [0.05, 0.1) is 17.8 Å². The van der Waals surface area contributed by atoms with Gasteiger partial charge in [-0.1, -0.05) is 12.1 Å². The summed E-state index contributed by atoms with van der Waals surface area (Å²) in [5, 5.41) is 0. The molecule has 1 aliphatic rings. The standard InChI is InChI=1S/C15H21N3O/c1-12-11-15(19)18(10-6-9-17(2)3)14-8-5-4-7-13(14)16-12/h4-5,7-8H,6,9-11H2,1-3H3. The van der Waals surface area contributed by atoms with E-state index < -0.39 is 0 Å². The van der Waals surface area contributed by atoms with Crippen molar-refractivity contribution in [1.82, 2.24) is 4.90 Å². The molecule has 0 radical (unpaired) electrons. The monoisotopic (exact) mass is 259 g/mol. The van der Waals surface area contributed by atoms with Crippen LogP contribution in [0.2, 0.25) is 0 Å². The summed E-state index contributed by atoms with van der Waals surface area (Å²) in [5.74, 6) is 0.143. The number of anilines is 1. The highest BCUT2D eigenvalue weighted by atomic mass is 16.2. The normalized spacial score (nSPS) is 15.3. The molecule has 0 N–H and O–H groups in total. The molecular weight excluding hydrogens is 238 g/mol. The van der Waals surface area contributed by atoms with E-state index in [1.807, 2.05) is 50.2 Å². The van der Waals surface area contributed by atoms with E-state index in [4.69, 9.17) is 0 Å². The number of nitrogens with zero attached hydrogens (tertiary/aromatic N) is 3. The maximum Gasteiger partial charge on any atom is 0.232 e. The molecule has 2 rings (SSSR count). The molecule has 0 unspecified atom stereocenters. The molecule has 1 aromatic rings. The number of para-hydroxylation sites is 2. The number of rotatable bonds is 4. The van der Waals surface area contributed by atoms with Gasteiger partial charge in [-0.2, -0.15) is 0 Å². The molecule has 1 aromatic carbocycles. The van der Waals surface area contributed by atoms with E-state index in [0.717, 1.165) is 36.6 Å². The Morgan fingerprint density at radius 1 is 1.32 bits per heavy atom. The van der Waals surface area contributed by atoms with Gasteiger partial charge in [0.25, 0.3) is 0 Å². The van der Waals surface area contributed by atoms with Crippen LogP contribution in [-0.2, 0) is 4.79 Å². The third-order valence-electron chi connectivity index (χ3n) is 3.18. The van der Waals surface area contributed by atoms with Crippen molar-refractivity contribution in [3.63, 3.8) is 0 Å². The van der Waals surface area contributed by atoms with E-state index in [9.17, 15) is 4.79 Å². The van der Waals surface area contributed by atoms with E-state index in [1.54, 1.807) is 0 Å². The zero-order valence-corrected chi connectivity index (χ0v) is 11.9. The number of hydrogen-bond donors (Lipinski definition) is 0. The summed E-state index contributed by atoms with van der Waals surface area (Å²) >= 11 is 0. The van der Waals surface area contributed by atoms with E-state index in [-0.39, 0.29) is 5.91 Å². The number of fused-ring (bicyclic) bond motifs is 1. The molecular formula is C15H21N3O. The summed E-state index contributed by atoms with van der Waals surface area (Å²) in [6, 6.07) is 7.87. The Balaban J connectivity index is 2.21. The number of carbonyl (C=O) groups is 1. The van der Waals surface area contributed by atoms with Crippen LogP contribution in [-0.4, -0.2) is 43.7 Å². The fraction of sp³-hybridized carbons (Fsp3) is 0.467. The first-order valence-corrected chi connectivity index (χ1v) is 6.66. The van der Waals surface area contributed by atoms with Crippen molar-refractivity contribution < 1.29 is 4.79 Å². The van der Waals surface area contributed by atoms with Gasteiger partial charge in [0.1, 0.15) is 0 Å². The molecule has 4 heteroatoms. The third-order valence-corrected chi connectivity index (χ3v) is 3.18. The summed E-state index contributed by atoms with van der Waals surface area (Å²) < 4.78 is 0. The SMILES string of the molecule is CC1=Nc2ccccc2N(CCCN(C)C)C(=O)C1. The Kier molecular flexibility index (Phi) is 4.32. The predicted molar refractivity (Wildman–Crippen MR) is 79.4 cm³/mol. The minimum Gasteiger partial charge on any atom is -0.310 e. The van der Waals surface area contributed by atoms with Gasteiger partial charge in [0.15, 0.2) is 0 Å². The molecule has 1 amide bonds. The molecule has 0 saturated heterocycles. The summed E-state index contributed by atoms with van der Waals surface area (Å²) in [6.07, 6.45) is 1.38. The van der Waals surface area contributed by atoms with Gasteiger partial charge in [0, 0.05) is 12.3 Å². The Morgan fingerprint density at radius 2 is 2.05 bits per heavy atom. The van der Waals surface area contributed by atoms with Gasteiger partial charge in [-0.25, -0.2) is 0 Å². The lowest BCUT2D eigenvalue weighted by molar-refractivity contribution is -0.117. The Hall–Kier alpha value is -1.68. The molecule has 1 aliphatic heterocycles. The van der Waals surface area contributed by atoms with E-state index in [2.05, 4.69) is 9.89 Å². The first-order chi connectivity index (χ1) is 9.08. The number of benzene rings is 1. The van der Waals surface area contributed by atoms with Crippen LogP contribution >= 0.6 is 0 Å². The minimum atomic E-state index is 0.143. The average Bonchev–Trinajstić information content (AvgIpc) is 2.46. The van der Waals surface area contributed by atoms with E-state index in [0.29, 0.717) is 6.42 Å². The second-order valence-corrected chi connectivity index (χ2v) is 5.21. The molecule has 102 valence electrons. The summed E-state index contributed by atoms with van der Waals surface area (Å²) in [4.78, 5) is 20.8. The lowest BCUT2D eigenvalue weighted by Crippen LogP contribution is -2.33. The van der Waals surface area contributed by atoms with Crippen LogP contribution in [0.15, 0.2) is 29.3 Å². The predicted octanol–water partition coefficient (Wildman–Crippen LogP) is 2.47. The lowest BCUT2D eigenvalue weighted by Gasteiger charge is -2.23. The minimum absolute atomic E-state index is 0.143. The van der Waals surface area contributed by atoms with Crippen molar-refractivity contribution in [3.8, 4) is 0 Å². The van der Waals surface area contributed by atoms with Crippen LogP contribution in [0.25, 0.3) is 0 Å². The number of aliphatic imine (C=N–C) groups is 1. The van der Waals surface area contributed by atoms with Crippen molar-refractivity contribution in [3.05, 3.63) is 24.3 Å². The molecule has 0 aromatic heterocycles. The van der Waals surface area contributed by atoms with Crippen LogP contribution in [0.4, 0.5) is 11.4 Å². The summed E-state index contributed by atoms with van der Waals surface area (Å²) in [6.45, 7) is 3.64. The third kappa shape index (κ3) is 3.41. The van der Waals surface area contributed by atoms with Crippen LogP contribution < -0.4 is 4.90 Å². The average molecular weight is 259 g/mol. The quantitative estimate of drug-likeness (QED) is 0.832. The van der Waals surface area contributed by atoms with Crippen LogP contribution in [0.5, 0.6) is 0 Å². The summed E-state index contributed by atoms with van der Waals surface area (Å²) in [5.41, 5.74) is 2.71. The van der Waals surface area contributed by atoms with E-state index >= 15 is 0 Å². The van der Waals surface area contributed by atoms with Crippen LogP contribution in [0, 0.1) is 0 Å². The molecule has 0 spiro atoms. The van der Waals surface area contributed by atoms with Crippen molar-refractivity contribution in [2.24, 2.45) is 4.99 Å². The first-order valence-electron chi connectivity index (χ1n) is 6.66. The molecule has 0 bridgehead atoms. The van der Waals surface area contributed by atoms with Gasteiger partial charge in [-0.15, -0.1) is 0 Å². The van der Waals surface area contributed by atoms with Gasteiger partial charge >= 0.3 is 0 Å². The molecule has 1 heterocycles. The Bertz CT molecular complexity index is 494. The van der Waals surface area contributed by atoms with Gasteiger partial charge in [-0.05, 0) is 46.1 Å². The summed E-state index contributed by atoms with van der Waals surface area (Å²) in [7, 11) is 4.09. The van der Waals surface area contributed by atoms with Gasteiger partial charge in [-0.3, -0.25) is 9.79 Å². The van der Waals surface area contributed by atoms with Gasteiger partial charge < -0.3 is 9.80 Å². The molecule has 19 heavy (non-hydrogen) atoms. The highest BCUT2D eigenvalue weighted by molar-refractivity contribution is 6.10. The molecule has 4 nitrogen and oxygen atoms in total. The molecule has 0 atom stereocenters. The topological polar surface area (TPSA) is 35.9 Å². The van der Waals surface area contributed by atoms with Gasteiger partial charge in [0.2, 0.25) is 5.91 Å². The maximum atomic E-state index is 12.3. The number of carbonyl (C=O) groups excluding carboxylic acids is 1. The smallest absolute Gasteiger partial charge is 0.232 e. The zero-order chi connectivity index (χ0) is 13.8. The molecule has 0 fully saturated rings. The fourth-order valence-electron chi connectivity index (χ4n) is 2.27. The second-order valence-electron chi connectivity index (χ2n) is 5.21. The Labute approximate surface area is 114 Å². The van der Waals surface area contributed by atoms with E-state index in [1.165, 1.54) is 0 Å².